The molecule has 8 heteroatoms. The molecule has 3 N–H and O–H groups in total. The second-order valence-corrected chi connectivity index (χ2v) is 7.76. The molecule has 3 amide bonds. The van der Waals surface area contributed by atoms with Crippen molar-refractivity contribution in [3.05, 3.63) is 35.9 Å². The number of benzene rings is 1. The van der Waals surface area contributed by atoms with Crippen LogP contribution in [-0.4, -0.2) is 47.2 Å². The monoisotopic (exact) mass is 377 g/mol. The number of nitrogens with zero attached hydrogens (tertiary/aromatic N) is 1. The van der Waals surface area contributed by atoms with Gasteiger partial charge in [0.25, 0.3) is 0 Å². The third-order valence-corrected chi connectivity index (χ3v) is 4.10. The van der Waals surface area contributed by atoms with Gasteiger partial charge in [0, 0.05) is 13.1 Å². The average molecular weight is 377 g/mol. The van der Waals surface area contributed by atoms with Gasteiger partial charge in [-0.05, 0) is 32.8 Å². The number of hydrogen-bond donors (Lipinski definition) is 2. The van der Waals surface area contributed by atoms with Crippen LogP contribution in [-0.2, 0) is 20.9 Å². The maximum absolute atomic E-state index is 12.4. The fraction of sp³-hybridized carbons (Fsp3) is 0.526. The van der Waals surface area contributed by atoms with E-state index in [1.54, 1.807) is 20.8 Å². The van der Waals surface area contributed by atoms with Gasteiger partial charge in [0.15, 0.2) is 0 Å². The van der Waals surface area contributed by atoms with Gasteiger partial charge in [0.2, 0.25) is 5.91 Å². The number of nitrogens with one attached hydrogen (secondary N) is 1. The lowest BCUT2D eigenvalue weighted by Crippen LogP contribution is -2.54. The Morgan fingerprint density at radius 2 is 1.89 bits per heavy atom. The van der Waals surface area contributed by atoms with Crippen molar-refractivity contribution in [3.63, 3.8) is 0 Å². The van der Waals surface area contributed by atoms with Crippen LogP contribution in [0.15, 0.2) is 30.3 Å². The molecule has 1 unspecified atom stereocenters. The van der Waals surface area contributed by atoms with E-state index in [4.69, 9.17) is 15.2 Å². The number of likely N-dealkylation sites (tertiary alicyclic amines) is 1. The summed E-state index contributed by atoms with van der Waals surface area (Å²) in [6, 6.07) is 9.33. The van der Waals surface area contributed by atoms with Crippen LogP contribution < -0.4 is 11.1 Å². The molecule has 1 fully saturated rings. The van der Waals surface area contributed by atoms with Gasteiger partial charge in [0.1, 0.15) is 12.2 Å². The zero-order chi connectivity index (χ0) is 20.1. The molecule has 2 rings (SSSR count). The highest BCUT2D eigenvalue weighted by Crippen LogP contribution is 2.26. The number of rotatable bonds is 5. The summed E-state index contributed by atoms with van der Waals surface area (Å²) < 4.78 is 10.6. The minimum atomic E-state index is -0.958. The van der Waals surface area contributed by atoms with Crippen LogP contribution in [0, 0.1) is 0 Å². The Morgan fingerprint density at radius 3 is 2.48 bits per heavy atom. The lowest BCUT2D eigenvalue weighted by atomic mass is 9.94. The van der Waals surface area contributed by atoms with Crippen molar-refractivity contribution >= 4 is 18.1 Å². The van der Waals surface area contributed by atoms with Gasteiger partial charge in [-0.3, -0.25) is 4.79 Å². The zero-order valence-corrected chi connectivity index (χ0v) is 16.0. The Kier molecular flexibility index (Phi) is 6.30. The second-order valence-electron chi connectivity index (χ2n) is 7.76. The molecule has 0 saturated carbocycles. The van der Waals surface area contributed by atoms with Gasteiger partial charge < -0.3 is 25.4 Å². The summed E-state index contributed by atoms with van der Waals surface area (Å²) in [4.78, 5) is 37.5. The van der Waals surface area contributed by atoms with Crippen LogP contribution in [0.3, 0.4) is 0 Å². The molecule has 1 saturated heterocycles. The third-order valence-electron chi connectivity index (χ3n) is 4.10. The van der Waals surface area contributed by atoms with Crippen molar-refractivity contribution in [3.8, 4) is 0 Å². The van der Waals surface area contributed by atoms with Crippen molar-refractivity contribution in [1.82, 2.24) is 10.2 Å². The minimum Gasteiger partial charge on any atom is -0.445 e. The fourth-order valence-electron chi connectivity index (χ4n) is 2.98. The number of alkyl carbamates (subject to hydrolysis) is 1. The lowest BCUT2D eigenvalue weighted by molar-refractivity contribution is -0.119. The molecule has 1 aliphatic rings. The van der Waals surface area contributed by atoms with Crippen molar-refractivity contribution < 1.29 is 23.9 Å². The van der Waals surface area contributed by atoms with Gasteiger partial charge in [-0.1, -0.05) is 30.3 Å². The molecule has 0 radical (unpaired) electrons. The standard InChI is InChI=1S/C19H27N3O5/c1-18(2,3)27-16(24)21-19(11-15(20)23)9-10-22(13-19)17(25)26-12-14-7-5-4-6-8-14/h4-8H,9-13H2,1-3H3,(H2,20,23)(H,21,24). The summed E-state index contributed by atoms with van der Waals surface area (Å²) in [5.74, 6) is -0.564. The summed E-state index contributed by atoms with van der Waals surface area (Å²) in [6.45, 7) is 5.86. The van der Waals surface area contributed by atoms with E-state index in [0.717, 1.165) is 5.56 Å². The molecule has 27 heavy (non-hydrogen) atoms. The molecule has 1 atom stereocenters. The highest BCUT2D eigenvalue weighted by molar-refractivity contribution is 5.78. The van der Waals surface area contributed by atoms with Gasteiger partial charge in [-0.25, -0.2) is 9.59 Å². The third kappa shape index (κ3) is 6.47. The lowest BCUT2D eigenvalue weighted by Gasteiger charge is -2.30. The van der Waals surface area contributed by atoms with E-state index < -0.39 is 29.2 Å². The van der Waals surface area contributed by atoms with E-state index in [1.807, 2.05) is 30.3 Å². The first-order valence-electron chi connectivity index (χ1n) is 8.84. The van der Waals surface area contributed by atoms with Gasteiger partial charge in [0.05, 0.1) is 12.0 Å². The SMILES string of the molecule is CC(C)(C)OC(=O)NC1(CC(N)=O)CCN(C(=O)OCc2ccccc2)C1. The van der Waals surface area contributed by atoms with Gasteiger partial charge in [-0.2, -0.15) is 0 Å². The van der Waals surface area contributed by atoms with Crippen molar-refractivity contribution in [2.24, 2.45) is 5.73 Å². The number of primary amides is 1. The zero-order valence-electron chi connectivity index (χ0n) is 16.0. The highest BCUT2D eigenvalue weighted by atomic mass is 16.6. The normalized spacial score (nSPS) is 19.4. The first kappa shape index (κ1) is 20.5. The summed E-state index contributed by atoms with van der Waals surface area (Å²) in [5.41, 5.74) is 4.59. The predicted molar refractivity (Wildman–Crippen MR) is 98.7 cm³/mol. The smallest absolute Gasteiger partial charge is 0.410 e. The quantitative estimate of drug-likeness (QED) is 0.817. The topological polar surface area (TPSA) is 111 Å². The molecule has 0 aromatic heterocycles. The largest absolute Gasteiger partial charge is 0.445 e. The van der Waals surface area contributed by atoms with Crippen LogP contribution in [0.2, 0.25) is 0 Å². The van der Waals surface area contributed by atoms with Crippen molar-refractivity contribution in [2.75, 3.05) is 13.1 Å². The summed E-state index contributed by atoms with van der Waals surface area (Å²) in [7, 11) is 0. The van der Waals surface area contributed by atoms with Crippen molar-refractivity contribution in [1.29, 1.82) is 0 Å². The second kappa shape index (κ2) is 8.28. The number of carbonyl (C=O) groups excluding carboxylic acids is 3. The first-order chi connectivity index (χ1) is 12.6. The van der Waals surface area contributed by atoms with Gasteiger partial charge in [-0.15, -0.1) is 0 Å². The van der Waals surface area contributed by atoms with E-state index in [0.29, 0.717) is 13.0 Å². The van der Waals surface area contributed by atoms with Crippen LogP contribution in [0.5, 0.6) is 0 Å². The minimum absolute atomic E-state index is 0.0886. The highest BCUT2D eigenvalue weighted by Gasteiger charge is 2.43. The molecular formula is C19H27N3O5. The average Bonchev–Trinajstić information content (AvgIpc) is 2.94. The number of hydrogen-bond acceptors (Lipinski definition) is 5. The summed E-state index contributed by atoms with van der Waals surface area (Å²) >= 11 is 0. The van der Waals surface area contributed by atoms with Crippen molar-refractivity contribution in [2.45, 2.75) is 51.4 Å². The van der Waals surface area contributed by atoms with E-state index in [2.05, 4.69) is 5.32 Å². The molecule has 8 nitrogen and oxygen atoms in total. The van der Waals surface area contributed by atoms with E-state index in [9.17, 15) is 14.4 Å². The maximum atomic E-state index is 12.4. The van der Waals surface area contributed by atoms with Crippen LogP contribution in [0.25, 0.3) is 0 Å². The van der Waals surface area contributed by atoms with E-state index >= 15 is 0 Å². The number of amides is 3. The Labute approximate surface area is 159 Å². The first-order valence-corrected chi connectivity index (χ1v) is 8.84. The molecule has 148 valence electrons. The molecule has 1 aromatic carbocycles. The van der Waals surface area contributed by atoms with Crippen LogP contribution in [0.1, 0.15) is 39.2 Å². The molecule has 0 bridgehead atoms. The summed E-state index contributed by atoms with van der Waals surface area (Å²) in [5, 5.41) is 2.73. The molecule has 1 aromatic rings. The number of carbonyl (C=O) groups is 3. The van der Waals surface area contributed by atoms with Gasteiger partial charge >= 0.3 is 12.2 Å². The van der Waals surface area contributed by atoms with Crippen LogP contribution in [0.4, 0.5) is 9.59 Å². The molecule has 0 aliphatic carbocycles. The fourth-order valence-corrected chi connectivity index (χ4v) is 2.98. The Bertz CT molecular complexity index is 686. The summed E-state index contributed by atoms with van der Waals surface area (Å²) in [6.07, 6.45) is -0.857. The molecular weight excluding hydrogens is 350 g/mol. The predicted octanol–water partition coefficient (Wildman–Crippen LogP) is 2.17. The Hall–Kier alpha value is -2.77. The number of ether oxygens (including phenoxy) is 2. The Morgan fingerprint density at radius 1 is 1.22 bits per heavy atom. The van der Waals surface area contributed by atoms with E-state index in [1.165, 1.54) is 4.90 Å². The van der Waals surface area contributed by atoms with E-state index in [-0.39, 0.29) is 19.6 Å². The van der Waals surface area contributed by atoms with Crippen LogP contribution >= 0.6 is 0 Å². The molecule has 1 heterocycles. The molecule has 1 aliphatic heterocycles. The maximum Gasteiger partial charge on any atom is 0.410 e. The Balaban J connectivity index is 1.98. The number of nitrogens with two attached hydrogens (primary N) is 1. The molecule has 0 spiro atoms.